The molecule has 2 aliphatic heterocycles. The van der Waals surface area contributed by atoms with Gasteiger partial charge in [-0.1, -0.05) is 12.1 Å². The van der Waals surface area contributed by atoms with E-state index in [1.54, 1.807) is 0 Å². The molecule has 4 heterocycles. The lowest BCUT2D eigenvalue weighted by molar-refractivity contribution is -0.121. The highest BCUT2D eigenvalue weighted by molar-refractivity contribution is 5.98. The summed E-state index contributed by atoms with van der Waals surface area (Å²) in [6.07, 6.45) is 3.76. The predicted octanol–water partition coefficient (Wildman–Crippen LogP) is 2.11. The van der Waals surface area contributed by atoms with Crippen LogP contribution in [0.25, 0.3) is 10.9 Å². The Labute approximate surface area is 171 Å². The normalized spacial score (nSPS) is 17.7. The van der Waals surface area contributed by atoms with Crippen LogP contribution < -0.4 is 10.2 Å². The molecule has 0 unspecified atom stereocenters. The van der Waals surface area contributed by atoms with Crippen molar-refractivity contribution in [1.82, 2.24) is 19.8 Å². The van der Waals surface area contributed by atoms with Gasteiger partial charge in [0.25, 0.3) is 0 Å². The Morgan fingerprint density at radius 1 is 1.17 bits per heavy atom. The van der Waals surface area contributed by atoms with Crippen LogP contribution in [0.1, 0.15) is 17.0 Å². The van der Waals surface area contributed by atoms with Gasteiger partial charge in [-0.3, -0.25) is 14.7 Å². The molecular formula is C23H27N5O. The molecule has 0 spiro atoms. The van der Waals surface area contributed by atoms with E-state index in [0.29, 0.717) is 6.54 Å². The fraction of sp³-hybridized carbons (Fsp3) is 0.391. The molecule has 3 aromatic rings. The van der Waals surface area contributed by atoms with Gasteiger partial charge < -0.3 is 14.8 Å². The zero-order valence-corrected chi connectivity index (χ0v) is 16.9. The first kappa shape index (κ1) is 18.3. The molecule has 6 nitrogen and oxygen atoms in total. The van der Waals surface area contributed by atoms with Crippen LogP contribution in [0, 0.1) is 0 Å². The number of amides is 1. The zero-order valence-electron chi connectivity index (χ0n) is 16.9. The number of hydrogen-bond donors (Lipinski definition) is 1. The monoisotopic (exact) mass is 389 g/mol. The summed E-state index contributed by atoms with van der Waals surface area (Å²) >= 11 is 0. The van der Waals surface area contributed by atoms with E-state index in [4.69, 9.17) is 0 Å². The number of aryl methyl sites for hydroxylation is 1. The molecule has 1 N–H and O–H groups in total. The molecule has 0 aliphatic carbocycles. The number of rotatable bonds is 4. The van der Waals surface area contributed by atoms with Crippen molar-refractivity contribution < 1.29 is 4.79 Å². The maximum Gasteiger partial charge on any atom is 0.241 e. The number of aromatic nitrogens is 2. The number of nitrogens with one attached hydrogen (secondary N) is 1. The highest BCUT2D eigenvalue weighted by Gasteiger charge is 2.26. The Hall–Kier alpha value is -2.70. The first-order chi connectivity index (χ1) is 14.2. The lowest BCUT2D eigenvalue weighted by Gasteiger charge is -2.34. The smallest absolute Gasteiger partial charge is 0.241 e. The number of anilines is 1. The molecule has 6 heteroatoms. The number of fused-ring (bicyclic) bond motifs is 3. The van der Waals surface area contributed by atoms with Crippen LogP contribution in [0.15, 0.2) is 42.6 Å². The summed E-state index contributed by atoms with van der Waals surface area (Å²) in [6, 6.07) is 12.5. The second-order valence-electron chi connectivity index (χ2n) is 8.01. The van der Waals surface area contributed by atoms with E-state index in [-0.39, 0.29) is 5.91 Å². The molecule has 1 saturated heterocycles. The third kappa shape index (κ3) is 3.43. The molecule has 5 rings (SSSR count). The van der Waals surface area contributed by atoms with Gasteiger partial charge in [0.2, 0.25) is 5.91 Å². The van der Waals surface area contributed by atoms with Gasteiger partial charge in [0.05, 0.1) is 12.1 Å². The van der Waals surface area contributed by atoms with Crippen LogP contribution in [0.5, 0.6) is 0 Å². The van der Waals surface area contributed by atoms with Crippen molar-refractivity contribution in [2.24, 2.45) is 7.05 Å². The number of carbonyl (C=O) groups excluding carboxylic acids is 1. The largest absolute Gasteiger partial charge is 0.347 e. The first-order valence-corrected chi connectivity index (χ1v) is 10.4. The van der Waals surface area contributed by atoms with Gasteiger partial charge >= 0.3 is 0 Å². The van der Waals surface area contributed by atoms with Crippen molar-refractivity contribution >= 4 is 22.5 Å². The molecule has 0 atom stereocenters. The average Bonchev–Trinajstić information content (AvgIpc) is 3.05. The molecule has 2 aliphatic rings. The molecular weight excluding hydrogens is 362 g/mol. The maximum atomic E-state index is 12.9. The number of piperazine rings is 1. The van der Waals surface area contributed by atoms with Crippen molar-refractivity contribution in [3.63, 3.8) is 0 Å². The Kier molecular flexibility index (Phi) is 4.81. The maximum absolute atomic E-state index is 12.9. The van der Waals surface area contributed by atoms with Crippen LogP contribution in [0.4, 0.5) is 5.69 Å². The fourth-order valence-corrected chi connectivity index (χ4v) is 4.66. The van der Waals surface area contributed by atoms with Gasteiger partial charge in [-0.2, -0.15) is 0 Å². The van der Waals surface area contributed by atoms with Crippen molar-refractivity contribution in [2.75, 3.05) is 37.6 Å². The Balaban J connectivity index is 1.31. The van der Waals surface area contributed by atoms with Crippen LogP contribution in [-0.4, -0.2) is 53.1 Å². The number of pyridine rings is 1. The summed E-state index contributed by atoms with van der Waals surface area (Å²) in [4.78, 5) is 21.4. The average molecular weight is 390 g/mol. The summed E-state index contributed by atoms with van der Waals surface area (Å²) in [5, 5.41) is 4.78. The molecule has 1 aromatic carbocycles. The molecule has 0 radical (unpaired) electrons. The van der Waals surface area contributed by atoms with Crippen LogP contribution in [0.3, 0.4) is 0 Å². The highest BCUT2D eigenvalue weighted by Crippen LogP contribution is 2.31. The predicted molar refractivity (Wildman–Crippen MR) is 115 cm³/mol. The second-order valence-corrected chi connectivity index (χ2v) is 8.01. The van der Waals surface area contributed by atoms with Gasteiger partial charge in [-0.15, -0.1) is 0 Å². The standard InChI is InChI=1S/C23H27N5O/c1-26-21-7-10-24-15-20(21)19-6-5-18(14-22(19)26)28-13-12-27(16-23(28)29)11-8-17-4-2-3-9-25-17/h2-6,9,14,24H,7-8,10-13,15-16H2,1H3. The fourth-order valence-electron chi connectivity index (χ4n) is 4.66. The Bertz CT molecular complexity index is 1040. The third-order valence-corrected chi connectivity index (χ3v) is 6.28. The molecule has 1 fully saturated rings. The van der Waals surface area contributed by atoms with E-state index in [0.717, 1.165) is 56.9 Å². The third-order valence-electron chi connectivity index (χ3n) is 6.28. The number of carbonyl (C=O) groups is 1. The van der Waals surface area contributed by atoms with Gasteiger partial charge in [0.15, 0.2) is 0 Å². The van der Waals surface area contributed by atoms with Crippen molar-refractivity contribution in [2.45, 2.75) is 19.4 Å². The molecule has 1 amide bonds. The SMILES string of the molecule is Cn1c2c(c3ccc(N4CCN(CCc5ccccn5)CC4=O)cc31)CNCC2. The summed E-state index contributed by atoms with van der Waals surface area (Å²) in [7, 11) is 2.15. The van der Waals surface area contributed by atoms with E-state index in [2.05, 4.69) is 45.0 Å². The van der Waals surface area contributed by atoms with Crippen molar-refractivity contribution in [3.05, 3.63) is 59.5 Å². The summed E-state index contributed by atoms with van der Waals surface area (Å²) < 4.78 is 2.31. The van der Waals surface area contributed by atoms with Crippen LogP contribution in [0.2, 0.25) is 0 Å². The minimum absolute atomic E-state index is 0.178. The van der Waals surface area contributed by atoms with Crippen molar-refractivity contribution in [1.29, 1.82) is 0 Å². The Morgan fingerprint density at radius 2 is 2.10 bits per heavy atom. The number of hydrogen-bond acceptors (Lipinski definition) is 4. The second kappa shape index (κ2) is 7.61. The van der Waals surface area contributed by atoms with Crippen LogP contribution in [-0.2, 0) is 31.2 Å². The van der Waals surface area contributed by atoms with Crippen LogP contribution >= 0.6 is 0 Å². The van der Waals surface area contributed by atoms with Gasteiger partial charge in [0, 0.05) is 81.3 Å². The van der Waals surface area contributed by atoms with E-state index >= 15 is 0 Å². The topological polar surface area (TPSA) is 53.4 Å². The lowest BCUT2D eigenvalue weighted by atomic mass is 10.1. The van der Waals surface area contributed by atoms with Gasteiger partial charge in [0.1, 0.15) is 0 Å². The lowest BCUT2D eigenvalue weighted by Crippen LogP contribution is -2.50. The summed E-state index contributed by atoms with van der Waals surface area (Å²) in [5.41, 5.74) is 6.14. The Morgan fingerprint density at radius 3 is 2.93 bits per heavy atom. The minimum Gasteiger partial charge on any atom is -0.347 e. The molecule has 0 bridgehead atoms. The minimum atomic E-state index is 0.178. The molecule has 0 saturated carbocycles. The van der Waals surface area contributed by atoms with E-state index < -0.39 is 0 Å². The summed E-state index contributed by atoms with van der Waals surface area (Å²) in [6.45, 7) is 4.93. The van der Waals surface area contributed by atoms with Gasteiger partial charge in [-0.05, 0) is 29.8 Å². The first-order valence-electron chi connectivity index (χ1n) is 10.4. The number of nitrogens with zero attached hydrogens (tertiary/aromatic N) is 4. The molecule has 150 valence electrons. The van der Waals surface area contributed by atoms with E-state index in [1.807, 2.05) is 29.3 Å². The zero-order chi connectivity index (χ0) is 19.8. The van der Waals surface area contributed by atoms with E-state index in [9.17, 15) is 4.79 Å². The van der Waals surface area contributed by atoms with Crippen molar-refractivity contribution in [3.8, 4) is 0 Å². The van der Waals surface area contributed by atoms with E-state index in [1.165, 1.54) is 22.2 Å². The van der Waals surface area contributed by atoms with Gasteiger partial charge in [-0.25, -0.2) is 0 Å². The highest BCUT2D eigenvalue weighted by atomic mass is 16.2. The summed E-state index contributed by atoms with van der Waals surface area (Å²) in [5.74, 6) is 0.178. The molecule has 2 aromatic heterocycles. The number of benzene rings is 1. The molecule has 29 heavy (non-hydrogen) atoms. The quantitative estimate of drug-likeness (QED) is 0.743.